The molecule has 152 valence electrons. The number of halogens is 1. The Morgan fingerprint density at radius 2 is 2.03 bits per heavy atom. The Bertz CT molecular complexity index is 1270. The summed E-state index contributed by atoms with van der Waals surface area (Å²) in [5, 5.41) is 22.0. The number of fused-ring (bicyclic) bond motifs is 1. The number of aromatic nitrogens is 3. The van der Waals surface area contributed by atoms with Crippen LogP contribution < -0.4 is 5.32 Å². The highest BCUT2D eigenvalue weighted by atomic mass is 35.5. The van der Waals surface area contributed by atoms with E-state index in [4.69, 9.17) is 21.1 Å². The summed E-state index contributed by atoms with van der Waals surface area (Å²) < 4.78 is 7.56. The van der Waals surface area contributed by atoms with Gasteiger partial charge in [0.2, 0.25) is 5.91 Å². The number of benzene rings is 2. The minimum Gasteiger partial charge on any atom is -0.478 e. The molecule has 0 bridgehead atoms. The highest BCUT2D eigenvalue weighted by Gasteiger charge is 2.17. The van der Waals surface area contributed by atoms with E-state index in [2.05, 4.69) is 15.5 Å². The lowest BCUT2D eigenvalue weighted by Crippen LogP contribution is -2.15. The first kappa shape index (κ1) is 20.0. The molecule has 30 heavy (non-hydrogen) atoms. The number of nitrogens with one attached hydrogen (secondary N) is 1. The minimum absolute atomic E-state index is 0.0824. The Morgan fingerprint density at radius 3 is 2.83 bits per heavy atom. The number of carbonyl (C=O) groups excluding carboxylic acids is 1. The first-order chi connectivity index (χ1) is 14.4. The third-order valence-electron chi connectivity index (χ3n) is 4.26. The number of hydrogen-bond donors (Lipinski definition) is 2. The molecule has 0 aliphatic heterocycles. The van der Waals surface area contributed by atoms with Crippen LogP contribution in [0.5, 0.6) is 0 Å². The van der Waals surface area contributed by atoms with Crippen LogP contribution in [0.1, 0.15) is 10.4 Å². The normalized spacial score (nSPS) is 11.0. The fourth-order valence-corrected chi connectivity index (χ4v) is 3.73. The van der Waals surface area contributed by atoms with Gasteiger partial charge < -0.3 is 19.4 Å². The molecular weight excluding hydrogens is 428 g/mol. The van der Waals surface area contributed by atoms with Crippen molar-refractivity contribution >= 4 is 51.9 Å². The zero-order chi connectivity index (χ0) is 21.3. The lowest BCUT2D eigenvalue weighted by Gasteiger charge is -2.06. The second-order valence-corrected chi connectivity index (χ2v) is 7.76. The number of nitrogens with zero attached hydrogens (tertiary/aromatic N) is 3. The molecule has 0 saturated heterocycles. The standard InChI is InChI=1S/C20H15ClN4O4S/c1-25-18(16-9-12-7-13(21)5-6-15(12)29-16)23-24-20(25)30-10-17(26)22-14-4-2-3-11(8-14)19(27)28/h2-9H,10H2,1H3,(H,22,26)(H,27,28). The molecule has 8 nitrogen and oxygen atoms in total. The third-order valence-corrected chi connectivity index (χ3v) is 5.51. The van der Waals surface area contributed by atoms with Crippen molar-refractivity contribution in [2.75, 3.05) is 11.1 Å². The number of furan rings is 1. The summed E-state index contributed by atoms with van der Waals surface area (Å²) >= 11 is 7.23. The van der Waals surface area contributed by atoms with Crippen molar-refractivity contribution in [2.45, 2.75) is 5.16 Å². The fraction of sp³-hybridized carbons (Fsp3) is 0.100. The Balaban J connectivity index is 1.44. The van der Waals surface area contributed by atoms with Crippen molar-refractivity contribution in [1.82, 2.24) is 14.8 Å². The van der Waals surface area contributed by atoms with Crippen molar-refractivity contribution in [1.29, 1.82) is 0 Å². The van der Waals surface area contributed by atoms with E-state index in [-0.39, 0.29) is 17.2 Å². The van der Waals surface area contributed by atoms with E-state index in [1.807, 2.05) is 6.07 Å². The van der Waals surface area contributed by atoms with Gasteiger partial charge in [-0.3, -0.25) is 4.79 Å². The molecule has 2 heterocycles. The van der Waals surface area contributed by atoms with Gasteiger partial charge in [-0.05, 0) is 42.5 Å². The van der Waals surface area contributed by atoms with Crippen molar-refractivity contribution in [2.24, 2.45) is 7.05 Å². The van der Waals surface area contributed by atoms with Crippen LogP contribution in [0.2, 0.25) is 5.02 Å². The monoisotopic (exact) mass is 442 g/mol. The highest BCUT2D eigenvalue weighted by molar-refractivity contribution is 7.99. The van der Waals surface area contributed by atoms with E-state index in [1.54, 1.807) is 41.9 Å². The lowest BCUT2D eigenvalue weighted by molar-refractivity contribution is -0.113. The SMILES string of the molecule is Cn1c(SCC(=O)Nc2cccc(C(=O)O)c2)nnc1-c1cc2cc(Cl)ccc2o1. The maximum Gasteiger partial charge on any atom is 0.335 e. The summed E-state index contributed by atoms with van der Waals surface area (Å²) in [7, 11) is 1.78. The van der Waals surface area contributed by atoms with Gasteiger partial charge >= 0.3 is 5.97 Å². The summed E-state index contributed by atoms with van der Waals surface area (Å²) in [4.78, 5) is 23.3. The van der Waals surface area contributed by atoms with Crippen LogP contribution in [0.25, 0.3) is 22.6 Å². The van der Waals surface area contributed by atoms with Crippen LogP contribution in [-0.4, -0.2) is 37.5 Å². The predicted octanol–water partition coefficient (Wildman–Crippen LogP) is 4.31. The topological polar surface area (TPSA) is 110 Å². The molecule has 4 aromatic rings. The average molecular weight is 443 g/mol. The Morgan fingerprint density at radius 1 is 1.20 bits per heavy atom. The maximum absolute atomic E-state index is 12.2. The molecule has 4 rings (SSSR count). The van der Waals surface area contributed by atoms with E-state index in [0.717, 1.165) is 5.39 Å². The average Bonchev–Trinajstić information content (AvgIpc) is 3.29. The minimum atomic E-state index is -1.06. The number of hydrogen-bond acceptors (Lipinski definition) is 6. The van der Waals surface area contributed by atoms with Gasteiger partial charge in [-0.25, -0.2) is 4.79 Å². The molecule has 0 aliphatic rings. The second kappa shape index (κ2) is 8.21. The van der Waals surface area contributed by atoms with Crippen LogP contribution >= 0.6 is 23.4 Å². The molecule has 0 atom stereocenters. The predicted molar refractivity (Wildman–Crippen MR) is 114 cm³/mol. The maximum atomic E-state index is 12.2. The highest BCUT2D eigenvalue weighted by Crippen LogP contribution is 2.30. The first-order valence-electron chi connectivity index (χ1n) is 8.75. The summed E-state index contributed by atoms with van der Waals surface area (Å²) in [6.07, 6.45) is 0. The van der Waals surface area contributed by atoms with E-state index in [1.165, 1.54) is 23.9 Å². The summed E-state index contributed by atoms with van der Waals surface area (Å²) in [5.74, 6) is -0.187. The zero-order valence-corrected chi connectivity index (χ0v) is 17.2. The lowest BCUT2D eigenvalue weighted by atomic mass is 10.2. The second-order valence-electron chi connectivity index (χ2n) is 6.38. The Labute approximate surface area is 179 Å². The summed E-state index contributed by atoms with van der Waals surface area (Å²) in [6.45, 7) is 0. The molecule has 2 aromatic carbocycles. The molecule has 0 fully saturated rings. The number of rotatable bonds is 6. The Hall–Kier alpha value is -3.30. The molecule has 0 radical (unpaired) electrons. The van der Waals surface area contributed by atoms with Crippen LogP contribution in [0, 0.1) is 0 Å². The summed E-state index contributed by atoms with van der Waals surface area (Å²) in [5.41, 5.74) is 1.21. The first-order valence-corrected chi connectivity index (χ1v) is 10.1. The molecule has 2 N–H and O–H groups in total. The third kappa shape index (κ3) is 4.17. The molecule has 2 aromatic heterocycles. The number of carbonyl (C=O) groups is 2. The molecule has 1 amide bonds. The van der Waals surface area contributed by atoms with E-state index >= 15 is 0 Å². The van der Waals surface area contributed by atoms with Crippen LogP contribution in [0.15, 0.2) is 58.1 Å². The van der Waals surface area contributed by atoms with Crippen LogP contribution in [0.3, 0.4) is 0 Å². The van der Waals surface area contributed by atoms with Crippen LogP contribution in [-0.2, 0) is 11.8 Å². The molecule has 10 heteroatoms. The number of thioether (sulfide) groups is 1. The van der Waals surface area contributed by atoms with Gasteiger partial charge in [0, 0.05) is 23.1 Å². The number of amides is 1. The number of carboxylic acids is 1. The molecule has 0 spiro atoms. The van der Waals surface area contributed by atoms with E-state index in [0.29, 0.717) is 33.0 Å². The van der Waals surface area contributed by atoms with Crippen molar-refractivity contribution in [3.63, 3.8) is 0 Å². The smallest absolute Gasteiger partial charge is 0.335 e. The zero-order valence-electron chi connectivity index (χ0n) is 15.6. The van der Waals surface area contributed by atoms with E-state index in [9.17, 15) is 9.59 Å². The van der Waals surface area contributed by atoms with Crippen molar-refractivity contribution < 1.29 is 19.1 Å². The van der Waals surface area contributed by atoms with Gasteiger partial charge in [0.1, 0.15) is 5.58 Å². The largest absolute Gasteiger partial charge is 0.478 e. The van der Waals surface area contributed by atoms with Gasteiger partial charge in [0.25, 0.3) is 0 Å². The van der Waals surface area contributed by atoms with Crippen molar-refractivity contribution in [3.8, 4) is 11.6 Å². The van der Waals surface area contributed by atoms with Gasteiger partial charge in [0.05, 0.1) is 11.3 Å². The van der Waals surface area contributed by atoms with Gasteiger partial charge in [-0.1, -0.05) is 29.4 Å². The number of carboxylic acid groups (broad SMARTS) is 1. The van der Waals surface area contributed by atoms with Crippen LogP contribution in [0.4, 0.5) is 5.69 Å². The van der Waals surface area contributed by atoms with Gasteiger partial charge in [-0.15, -0.1) is 10.2 Å². The molecule has 0 saturated carbocycles. The van der Waals surface area contributed by atoms with Gasteiger partial charge in [-0.2, -0.15) is 0 Å². The molecule has 0 aliphatic carbocycles. The number of aromatic carboxylic acids is 1. The summed E-state index contributed by atoms with van der Waals surface area (Å²) in [6, 6.07) is 13.2. The Kier molecular flexibility index (Phi) is 5.47. The van der Waals surface area contributed by atoms with Gasteiger partial charge in [0.15, 0.2) is 16.7 Å². The van der Waals surface area contributed by atoms with E-state index < -0.39 is 5.97 Å². The molecule has 0 unspecified atom stereocenters. The van der Waals surface area contributed by atoms with Crippen molar-refractivity contribution in [3.05, 3.63) is 59.1 Å². The fourth-order valence-electron chi connectivity index (χ4n) is 2.84. The molecular formula is C20H15ClN4O4S. The quantitative estimate of drug-likeness (QED) is 0.428. The number of anilines is 1.